The Balaban J connectivity index is 2.00. The van der Waals surface area contributed by atoms with Crippen LogP contribution in [0.4, 0.5) is 0 Å². The number of aliphatic carboxylic acids is 1. The van der Waals surface area contributed by atoms with E-state index >= 15 is 0 Å². The molecular formula is C19H17N3O2. The van der Waals surface area contributed by atoms with E-state index in [4.69, 9.17) is 0 Å². The summed E-state index contributed by atoms with van der Waals surface area (Å²) >= 11 is 0. The number of benzene rings is 2. The van der Waals surface area contributed by atoms with Crippen LogP contribution in [0.5, 0.6) is 0 Å². The molecule has 120 valence electrons. The molecule has 1 heterocycles. The fourth-order valence-corrected chi connectivity index (χ4v) is 2.30. The molecule has 0 amide bonds. The van der Waals surface area contributed by atoms with Crippen molar-refractivity contribution in [2.45, 2.75) is 12.8 Å². The Labute approximate surface area is 139 Å². The molecule has 0 bridgehead atoms. The van der Waals surface area contributed by atoms with Crippen molar-refractivity contribution in [1.29, 1.82) is 0 Å². The van der Waals surface area contributed by atoms with E-state index in [1.807, 2.05) is 66.7 Å². The van der Waals surface area contributed by atoms with Crippen LogP contribution in [-0.2, 0) is 4.79 Å². The number of aromatic nitrogens is 3. The summed E-state index contributed by atoms with van der Waals surface area (Å²) in [6, 6.07) is 19.2. The number of hydrogen-bond acceptors (Lipinski definition) is 3. The van der Waals surface area contributed by atoms with Gasteiger partial charge in [-0.1, -0.05) is 54.6 Å². The van der Waals surface area contributed by atoms with Gasteiger partial charge in [0.25, 0.3) is 0 Å². The Hall–Kier alpha value is -3.21. The average Bonchev–Trinajstić information content (AvgIpc) is 3.05. The van der Waals surface area contributed by atoms with Crippen molar-refractivity contribution >= 4 is 18.1 Å². The highest BCUT2D eigenvalue weighted by atomic mass is 16.4. The fraction of sp³-hybridized carbons (Fsp3) is 0.105. The van der Waals surface area contributed by atoms with Crippen LogP contribution in [0.25, 0.3) is 17.8 Å². The average molecular weight is 319 g/mol. The van der Waals surface area contributed by atoms with Gasteiger partial charge >= 0.3 is 5.97 Å². The number of para-hydroxylation sites is 1. The molecule has 1 aromatic heterocycles. The Morgan fingerprint density at radius 2 is 1.67 bits per heavy atom. The summed E-state index contributed by atoms with van der Waals surface area (Å²) in [5.41, 5.74) is 1.81. The topological polar surface area (TPSA) is 68.0 Å². The second-order valence-corrected chi connectivity index (χ2v) is 5.38. The Morgan fingerprint density at radius 1 is 1.04 bits per heavy atom. The molecule has 1 atom stereocenters. The Bertz CT molecular complexity index is 855. The summed E-state index contributed by atoms with van der Waals surface area (Å²) < 4.78 is 1.59. The van der Waals surface area contributed by atoms with E-state index in [0.29, 0.717) is 11.6 Å². The van der Waals surface area contributed by atoms with Gasteiger partial charge in [-0.25, -0.2) is 9.67 Å². The molecule has 0 saturated heterocycles. The lowest BCUT2D eigenvalue weighted by atomic mass is 10.1. The third-order valence-corrected chi connectivity index (χ3v) is 3.63. The minimum Gasteiger partial charge on any atom is -0.481 e. The molecule has 0 aliphatic rings. The predicted molar refractivity (Wildman–Crippen MR) is 92.8 cm³/mol. The number of carboxylic acid groups (broad SMARTS) is 1. The maximum atomic E-state index is 11.4. The first kappa shape index (κ1) is 15.7. The zero-order valence-corrected chi connectivity index (χ0v) is 13.2. The molecule has 24 heavy (non-hydrogen) atoms. The van der Waals surface area contributed by atoms with E-state index in [2.05, 4.69) is 10.1 Å². The zero-order valence-electron chi connectivity index (χ0n) is 13.2. The number of rotatable bonds is 5. The second kappa shape index (κ2) is 6.91. The van der Waals surface area contributed by atoms with Crippen LogP contribution in [-0.4, -0.2) is 25.8 Å². The van der Waals surface area contributed by atoms with Gasteiger partial charge in [0.1, 0.15) is 11.7 Å². The lowest BCUT2D eigenvalue weighted by Gasteiger charge is -2.08. The summed E-state index contributed by atoms with van der Waals surface area (Å²) in [5, 5.41) is 13.8. The van der Waals surface area contributed by atoms with Crippen LogP contribution in [0.1, 0.15) is 30.1 Å². The van der Waals surface area contributed by atoms with E-state index in [9.17, 15) is 9.90 Å². The molecule has 1 unspecified atom stereocenters. The number of hydrogen-bond donors (Lipinski definition) is 1. The summed E-state index contributed by atoms with van der Waals surface area (Å²) in [4.78, 5) is 15.8. The van der Waals surface area contributed by atoms with E-state index < -0.39 is 11.9 Å². The van der Waals surface area contributed by atoms with E-state index in [-0.39, 0.29) is 0 Å². The van der Waals surface area contributed by atoms with Crippen molar-refractivity contribution in [3.05, 3.63) is 77.9 Å². The zero-order chi connectivity index (χ0) is 16.9. The van der Waals surface area contributed by atoms with Gasteiger partial charge in [0.2, 0.25) is 0 Å². The van der Waals surface area contributed by atoms with Crippen molar-refractivity contribution in [2.75, 3.05) is 0 Å². The maximum absolute atomic E-state index is 11.4. The first-order chi connectivity index (χ1) is 11.6. The van der Waals surface area contributed by atoms with E-state index in [1.54, 1.807) is 17.7 Å². The summed E-state index contributed by atoms with van der Waals surface area (Å²) in [5.74, 6) is -0.804. The smallest absolute Gasteiger partial charge is 0.313 e. The summed E-state index contributed by atoms with van der Waals surface area (Å²) in [6.07, 6.45) is 3.69. The van der Waals surface area contributed by atoms with Crippen molar-refractivity contribution in [1.82, 2.24) is 14.8 Å². The molecular weight excluding hydrogens is 302 g/mol. The molecule has 0 fully saturated rings. The first-order valence-corrected chi connectivity index (χ1v) is 7.63. The molecule has 5 heteroatoms. The van der Waals surface area contributed by atoms with Crippen molar-refractivity contribution in [2.24, 2.45) is 0 Å². The molecule has 0 aliphatic heterocycles. The summed E-state index contributed by atoms with van der Waals surface area (Å²) in [6.45, 7) is 1.61. The number of carboxylic acids is 1. The molecule has 5 nitrogen and oxygen atoms in total. The molecule has 0 aliphatic carbocycles. The summed E-state index contributed by atoms with van der Waals surface area (Å²) in [7, 11) is 0. The second-order valence-electron chi connectivity index (χ2n) is 5.38. The third-order valence-electron chi connectivity index (χ3n) is 3.63. The molecule has 0 radical (unpaired) electrons. The van der Waals surface area contributed by atoms with Gasteiger partial charge in [0.05, 0.1) is 5.69 Å². The quantitative estimate of drug-likeness (QED) is 0.780. The molecule has 1 N–H and O–H groups in total. The molecule has 3 aromatic rings. The monoisotopic (exact) mass is 319 g/mol. The predicted octanol–water partition coefficient (Wildman–Crippen LogP) is 3.63. The molecule has 3 rings (SSSR count). The van der Waals surface area contributed by atoms with Crippen LogP contribution >= 0.6 is 0 Å². The minimum atomic E-state index is -0.932. The van der Waals surface area contributed by atoms with Crippen molar-refractivity contribution in [3.8, 4) is 5.69 Å². The van der Waals surface area contributed by atoms with Crippen molar-refractivity contribution in [3.63, 3.8) is 0 Å². The highest BCUT2D eigenvalue weighted by molar-refractivity contribution is 5.75. The van der Waals surface area contributed by atoms with Crippen LogP contribution in [0, 0.1) is 0 Å². The van der Waals surface area contributed by atoms with Crippen LogP contribution in [0.2, 0.25) is 0 Å². The fourth-order valence-electron chi connectivity index (χ4n) is 2.30. The molecule has 2 aromatic carbocycles. The van der Waals surface area contributed by atoms with Gasteiger partial charge in [-0.2, -0.15) is 0 Å². The van der Waals surface area contributed by atoms with E-state index in [0.717, 1.165) is 11.3 Å². The maximum Gasteiger partial charge on any atom is 0.313 e. The largest absolute Gasteiger partial charge is 0.481 e. The van der Waals surface area contributed by atoms with Crippen LogP contribution in [0.15, 0.2) is 60.7 Å². The highest BCUT2D eigenvalue weighted by Gasteiger charge is 2.22. The standard InChI is InChI=1S/C19H17N3O2/c1-14(19(23)24)18-20-17(13-12-15-8-4-2-5-9-15)21-22(18)16-10-6-3-7-11-16/h2-14H,1H3,(H,23,24). The number of nitrogens with zero attached hydrogens (tertiary/aromatic N) is 3. The normalized spacial score (nSPS) is 12.4. The van der Waals surface area contributed by atoms with Gasteiger partial charge < -0.3 is 5.11 Å². The SMILES string of the molecule is CC(C(=O)O)c1nc(C=Cc2ccccc2)nn1-c1ccccc1. The first-order valence-electron chi connectivity index (χ1n) is 7.63. The third kappa shape index (κ3) is 3.41. The lowest BCUT2D eigenvalue weighted by molar-refractivity contribution is -0.138. The van der Waals surface area contributed by atoms with E-state index in [1.165, 1.54) is 0 Å². The Morgan fingerprint density at radius 3 is 2.29 bits per heavy atom. The molecule has 0 saturated carbocycles. The van der Waals surface area contributed by atoms with Gasteiger partial charge in [0.15, 0.2) is 5.82 Å². The van der Waals surface area contributed by atoms with Gasteiger partial charge in [-0.15, -0.1) is 5.10 Å². The van der Waals surface area contributed by atoms with Gasteiger partial charge in [-0.05, 0) is 30.7 Å². The van der Waals surface area contributed by atoms with Gasteiger partial charge in [-0.3, -0.25) is 4.79 Å². The van der Waals surface area contributed by atoms with Gasteiger partial charge in [0, 0.05) is 0 Å². The van der Waals surface area contributed by atoms with Crippen molar-refractivity contribution < 1.29 is 9.90 Å². The minimum absolute atomic E-state index is 0.404. The Kier molecular flexibility index (Phi) is 4.52. The van der Waals surface area contributed by atoms with Crippen LogP contribution in [0.3, 0.4) is 0 Å². The molecule has 0 spiro atoms. The van der Waals surface area contributed by atoms with Crippen LogP contribution < -0.4 is 0 Å². The number of carbonyl (C=O) groups is 1. The lowest BCUT2D eigenvalue weighted by Crippen LogP contribution is -2.14. The highest BCUT2D eigenvalue weighted by Crippen LogP contribution is 2.19.